The highest BCUT2D eigenvalue weighted by Crippen LogP contribution is 2.31. The van der Waals surface area contributed by atoms with Crippen LogP contribution in [0.15, 0.2) is 52.9 Å². The molecule has 0 aliphatic rings. The van der Waals surface area contributed by atoms with E-state index in [1.54, 1.807) is 0 Å². The van der Waals surface area contributed by atoms with E-state index in [9.17, 15) is 0 Å². The number of hydrogen-bond acceptors (Lipinski definition) is 3. The van der Waals surface area contributed by atoms with E-state index in [1.165, 1.54) is 0 Å². The molecule has 0 saturated carbocycles. The van der Waals surface area contributed by atoms with Crippen molar-refractivity contribution < 1.29 is 4.42 Å². The Morgan fingerprint density at radius 1 is 1.15 bits per heavy atom. The predicted molar refractivity (Wildman–Crippen MR) is 89.5 cm³/mol. The number of benzene rings is 2. The molecule has 0 aliphatic heterocycles. The SMILES string of the molecule is NNC(c1cccc(I)c1)c1cc2cccc(Cl)c2o1. The second-order valence-corrected chi connectivity index (χ2v) is 6.11. The van der Waals surface area contributed by atoms with E-state index in [1.807, 2.05) is 42.5 Å². The first-order chi connectivity index (χ1) is 9.69. The summed E-state index contributed by atoms with van der Waals surface area (Å²) in [5.74, 6) is 6.45. The maximum absolute atomic E-state index is 6.14. The third-order valence-corrected chi connectivity index (χ3v) is 4.12. The fourth-order valence-electron chi connectivity index (χ4n) is 2.22. The molecule has 0 saturated heterocycles. The quantitative estimate of drug-likeness (QED) is 0.394. The van der Waals surface area contributed by atoms with Gasteiger partial charge in [-0.05, 0) is 52.4 Å². The van der Waals surface area contributed by atoms with Crippen molar-refractivity contribution in [2.24, 2.45) is 5.84 Å². The number of nitrogens with two attached hydrogens (primary N) is 1. The predicted octanol–water partition coefficient (Wildman–Crippen LogP) is 4.24. The van der Waals surface area contributed by atoms with Crippen molar-refractivity contribution in [3.63, 3.8) is 0 Å². The Hall–Kier alpha value is -1.08. The first-order valence-electron chi connectivity index (χ1n) is 6.08. The van der Waals surface area contributed by atoms with Gasteiger partial charge in [-0.1, -0.05) is 35.9 Å². The zero-order valence-electron chi connectivity index (χ0n) is 10.4. The van der Waals surface area contributed by atoms with Crippen LogP contribution in [0.1, 0.15) is 17.4 Å². The molecule has 3 aromatic rings. The van der Waals surface area contributed by atoms with Gasteiger partial charge in [0.2, 0.25) is 0 Å². The van der Waals surface area contributed by atoms with E-state index in [-0.39, 0.29) is 6.04 Å². The molecule has 0 bridgehead atoms. The standard InChI is InChI=1S/C15H12ClIN2O/c16-12-6-2-4-10-8-13(20-15(10)12)14(19-18)9-3-1-5-11(17)7-9/h1-8,14,19H,18H2. The average Bonchev–Trinajstić information content (AvgIpc) is 2.85. The van der Waals surface area contributed by atoms with E-state index in [4.69, 9.17) is 21.9 Å². The van der Waals surface area contributed by atoms with Crippen LogP contribution in [0.4, 0.5) is 0 Å². The molecular weight excluding hydrogens is 387 g/mol. The van der Waals surface area contributed by atoms with Crippen LogP contribution in [0.25, 0.3) is 11.0 Å². The van der Waals surface area contributed by atoms with E-state index in [0.717, 1.165) is 20.3 Å². The van der Waals surface area contributed by atoms with Crippen LogP contribution < -0.4 is 11.3 Å². The molecule has 0 radical (unpaired) electrons. The van der Waals surface area contributed by atoms with Crippen molar-refractivity contribution in [3.8, 4) is 0 Å². The maximum atomic E-state index is 6.14. The van der Waals surface area contributed by atoms with Gasteiger partial charge >= 0.3 is 0 Å². The fraction of sp³-hybridized carbons (Fsp3) is 0.0667. The van der Waals surface area contributed by atoms with Crippen LogP contribution in [-0.2, 0) is 0 Å². The Labute approximate surface area is 135 Å². The molecule has 3 rings (SSSR count). The van der Waals surface area contributed by atoms with Gasteiger partial charge in [-0.3, -0.25) is 5.84 Å². The van der Waals surface area contributed by atoms with E-state index in [0.29, 0.717) is 10.6 Å². The molecule has 5 heteroatoms. The van der Waals surface area contributed by atoms with Crippen molar-refractivity contribution in [3.05, 3.63) is 68.4 Å². The maximum Gasteiger partial charge on any atom is 0.152 e. The second-order valence-electron chi connectivity index (χ2n) is 4.46. The molecule has 2 aromatic carbocycles. The molecule has 0 fully saturated rings. The minimum absolute atomic E-state index is 0.201. The van der Waals surface area contributed by atoms with Gasteiger partial charge in [-0.15, -0.1) is 0 Å². The average molecular weight is 399 g/mol. The second kappa shape index (κ2) is 5.73. The summed E-state index contributed by atoms with van der Waals surface area (Å²) in [4.78, 5) is 0. The van der Waals surface area contributed by atoms with Gasteiger partial charge in [-0.2, -0.15) is 0 Å². The summed E-state index contributed by atoms with van der Waals surface area (Å²) >= 11 is 8.42. The van der Waals surface area contributed by atoms with Gasteiger partial charge in [0.05, 0.1) is 5.02 Å². The zero-order valence-corrected chi connectivity index (χ0v) is 13.4. The highest BCUT2D eigenvalue weighted by Gasteiger charge is 2.18. The Morgan fingerprint density at radius 3 is 2.65 bits per heavy atom. The summed E-state index contributed by atoms with van der Waals surface area (Å²) in [5.41, 5.74) is 4.54. The molecule has 3 N–H and O–H groups in total. The number of fused-ring (bicyclic) bond motifs is 1. The first kappa shape index (κ1) is 13.9. The van der Waals surface area contributed by atoms with Crippen molar-refractivity contribution in [2.45, 2.75) is 6.04 Å². The lowest BCUT2D eigenvalue weighted by Crippen LogP contribution is -2.28. The Balaban J connectivity index is 2.09. The lowest BCUT2D eigenvalue weighted by atomic mass is 10.1. The number of hydrogen-bond donors (Lipinski definition) is 2. The van der Waals surface area contributed by atoms with Crippen molar-refractivity contribution in [1.29, 1.82) is 0 Å². The largest absolute Gasteiger partial charge is 0.457 e. The molecule has 102 valence electrons. The highest BCUT2D eigenvalue weighted by molar-refractivity contribution is 14.1. The molecule has 1 atom stereocenters. The molecule has 1 unspecified atom stereocenters. The monoisotopic (exact) mass is 398 g/mol. The summed E-state index contributed by atoms with van der Waals surface area (Å²) in [6.07, 6.45) is 0. The van der Waals surface area contributed by atoms with Crippen molar-refractivity contribution >= 4 is 45.2 Å². The molecule has 0 amide bonds. The third kappa shape index (κ3) is 2.56. The Kier molecular flexibility index (Phi) is 3.98. The van der Waals surface area contributed by atoms with Crippen LogP contribution in [0.5, 0.6) is 0 Å². The van der Waals surface area contributed by atoms with E-state index >= 15 is 0 Å². The number of nitrogens with one attached hydrogen (secondary N) is 1. The molecule has 0 spiro atoms. The van der Waals surface area contributed by atoms with Crippen LogP contribution >= 0.6 is 34.2 Å². The van der Waals surface area contributed by atoms with Crippen LogP contribution in [-0.4, -0.2) is 0 Å². The molecule has 20 heavy (non-hydrogen) atoms. The zero-order chi connectivity index (χ0) is 14.1. The summed E-state index contributed by atoms with van der Waals surface area (Å²) in [5, 5.41) is 1.57. The minimum Gasteiger partial charge on any atom is -0.457 e. The number of halogens is 2. The number of hydrazine groups is 1. The Bertz CT molecular complexity index is 756. The van der Waals surface area contributed by atoms with Gasteiger partial charge in [0.25, 0.3) is 0 Å². The number of para-hydroxylation sites is 1. The normalized spacial score (nSPS) is 12.8. The van der Waals surface area contributed by atoms with Gasteiger partial charge in [-0.25, -0.2) is 5.43 Å². The third-order valence-electron chi connectivity index (χ3n) is 3.15. The minimum atomic E-state index is -0.201. The van der Waals surface area contributed by atoms with Gasteiger partial charge in [0, 0.05) is 8.96 Å². The summed E-state index contributed by atoms with van der Waals surface area (Å²) < 4.78 is 7.02. The highest BCUT2D eigenvalue weighted by atomic mass is 127. The molecule has 1 aromatic heterocycles. The Morgan fingerprint density at radius 2 is 1.95 bits per heavy atom. The summed E-state index contributed by atoms with van der Waals surface area (Å²) in [6, 6.07) is 15.6. The lowest BCUT2D eigenvalue weighted by molar-refractivity contribution is 0.477. The van der Waals surface area contributed by atoms with E-state index < -0.39 is 0 Å². The lowest BCUT2D eigenvalue weighted by Gasteiger charge is -2.13. The van der Waals surface area contributed by atoms with Gasteiger partial charge in [0.1, 0.15) is 11.8 Å². The smallest absolute Gasteiger partial charge is 0.152 e. The topological polar surface area (TPSA) is 51.2 Å². The molecule has 0 aliphatic carbocycles. The van der Waals surface area contributed by atoms with E-state index in [2.05, 4.69) is 34.1 Å². The fourth-order valence-corrected chi connectivity index (χ4v) is 3.01. The van der Waals surface area contributed by atoms with Crippen LogP contribution in [0, 0.1) is 3.57 Å². The molecule has 1 heterocycles. The number of rotatable bonds is 3. The molecular formula is C15H12ClIN2O. The van der Waals surface area contributed by atoms with Crippen molar-refractivity contribution in [2.75, 3.05) is 0 Å². The summed E-state index contributed by atoms with van der Waals surface area (Å²) in [6.45, 7) is 0. The van der Waals surface area contributed by atoms with Crippen LogP contribution in [0.2, 0.25) is 5.02 Å². The van der Waals surface area contributed by atoms with Gasteiger partial charge < -0.3 is 4.42 Å². The molecule has 3 nitrogen and oxygen atoms in total. The van der Waals surface area contributed by atoms with Crippen molar-refractivity contribution in [1.82, 2.24) is 5.43 Å². The first-order valence-corrected chi connectivity index (χ1v) is 7.54. The van der Waals surface area contributed by atoms with Crippen LogP contribution in [0.3, 0.4) is 0 Å². The number of furan rings is 1. The van der Waals surface area contributed by atoms with Gasteiger partial charge in [0.15, 0.2) is 5.58 Å². The summed E-state index contributed by atoms with van der Waals surface area (Å²) in [7, 11) is 0.